The summed E-state index contributed by atoms with van der Waals surface area (Å²) in [6.07, 6.45) is 0. The summed E-state index contributed by atoms with van der Waals surface area (Å²) in [7, 11) is 1.63. The number of amides is 1. The molecule has 1 aromatic rings. The second-order valence-corrected chi connectivity index (χ2v) is 7.48. The topological polar surface area (TPSA) is 63.8 Å². The molecule has 0 atom stereocenters. The Morgan fingerprint density at radius 3 is 2.52 bits per heavy atom. The fraction of sp³-hybridized carbons (Fsp3) is 0.733. The molecule has 1 heterocycles. The monoisotopic (exact) mass is 312 g/mol. The van der Waals surface area contributed by atoms with Crippen LogP contribution in [-0.2, 0) is 22.7 Å². The van der Waals surface area contributed by atoms with E-state index in [9.17, 15) is 9.90 Å². The Kier molecular flexibility index (Phi) is 4.42. The van der Waals surface area contributed by atoms with E-state index in [1.165, 1.54) is 11.3 Å². The largest absolute Gasteiger partial charge is 0.390 e. The second-order valence-electron chi connectivity index (χ2n) is 6.64. The fourth-order valence-corrected chi connectivity index (χ4v) is 3.90. The molecule has 0 spiro atoms. The van der Waals surface area contributed by atoms with E-state index in [1.54, 1.807) is 7.11 Å². The van der Waals surface area contributed by atoms with E-state index in [2.05, 4.69) is 32.7 Å². The Morgan fingerprint density at radius 2 is 2.05 bits per heavy atom. The molecular weight excluding hydrogens is 288 g/mol. The van der Waals surface area contributed by atoms with Gasteiger partial charge in [-0.05, 0) is 10.8 Å². The van der Waals surface area contributed by atoms with Gasteiger partial charge in [-0.3, -0.25) is 4.79 Å². The highest BCUT2D eigenvalue weighted by molar-refractivity contribution is 7.07. The minimum absolute atomic E-state index is 0.0119. The van der Waals surface area contributed by atoms with Crippen LogP contribution < -0.4 is 4.80 Å². The van der Waals surface area contributed by atoms with Gasteiger partial charge in [0.15, 0.2) is 4.80 Å². The predicted molar refractivity (Wildman–Crippen MR) is 81.7 cm³/mol. The number of rotatable bonds is 5. The Labute approximate surface area is 129 Å². The van der Waals surface area contributed by atoms with Crippen LogP contribution in [0.3, 0.4) is 0 Å². The Morgan fingerprint density at radius 1 is 1.43 bits per heavy atom. The molecule has 0 unspecified atom stereocenters. The van der Waals surface area contributed by atoms with Crippen molar-refractivity contribution in [3.8, 4) is 0 Å². The van der Waals surface area contributed by atoms with Crippen molar-refractivity contribution < 1.29 is 14.6 Å². The standard InChI is InChI=1S/C15H24N2O3S/c1-14(2)11(15(14,3)4)12(19)16-13-17(6-7-20-5)10(8-18)9-21-13/h9,11,18H,6-8H2,1-5H3. The number of methoxy groups -OCH3 is 1. The van der Waals surface area contributed by atoms with Gasteiger partial charge in [0.1, 0.15) is 0 Å². The summed E-state index contributed by atoms with van der Waals surface area (Å²) >= 11 is 1.38. The predicted octanol–water partition coefficient (Wildman–Crippen LogP) is 1.80. The van der Waals surface area contributed by atoms with Gasteiger partial charge in [-0.1, -0.05) is 27.7 Å². The summed E-state index contributed by atoms with van der Waals surface area (Å²) in [4.78, 5) is 17.4. The highest BCUT2D eigenvalue weighted by Crippen LogP contribution is 2.68. The van der Waals surface area contributed by atoms with Crippen molar-refractivity contribution in [1.29, 1.82) is 0 Å². The smallest absolute Gasteiger partial charge is 0.252 e. The quantitative estimate of drug-likeness (QED) is 0.901. The first kappa shape index (κ1) is 16.4. The lowest BCUT2D eigenvalue weighted by molar-refractivity contribution is -0.120. The third-order valence-electron chi connectivity index (χ3n) is 5.03. The van der Waals surface area contributed by atoms with Gasteiger partial charge in [0.05, 0.1) is 24.8 Å². The molecule has 6 heteroatoms. The number of hydrogen-bond acceptors (Lipinski definition) is 4. The Hall–Kier alpha value is -0.980. The summed E-state index contributed by atoms with van der Waals surface area (Å²) in [5.41, 5.74) is 0.738. The molecule has 1 saturated carbocycles. The van der Waals surface area contributed by atoms with Crippen LogP contribution in [0.5, 0.6) is 0 Å². The van der Waals surface area contributed by atoms with Crippen LogP contribution >= 0.6 is 11.3 Å². The van der Waals surface area contributed by atoms with Gasteiger partial charge in [0.25, 0.3) is 5.91 Å². The number of thiazole rings is 1. The van der Waals surface area contributed by atoms with Crippen LogP contribution in [0.15, 0.2) is 10.4 Å². The molecule has 5 nitrogen and oxygen atoms in total. The van der Waals surface area contributed by atoms with E-state index in [4.69, 9.17) is 4.74 Å². The molecule has 1 fully saturated rings. The molecule has 1 amide bonds. The number of aromatic nitrogens is 1. The summed E-state index contributed by atoms with van der Waals surface area (Å²) in [5, 5.41) is 11.2. The van der Waals surface area contributed by atoms with E-state index in [-0.39, 0.29) is 29.3 Å². The molecule has 0 aromatic carbocycles. The zero-order valence-electron chi connectivity index (χ0n) is 13.3. The van der Waals surface area contributed by atoms with Crippen LogP contribution in [-0.4, -0.2) is 29.3 Å². The van der Waals surface area contributed by atoms with Crippen molar-refractivity contribution in [2.24, 2.45) is 21.7 Å². The summed E-state index contributed by atoms with van der Waals surface area (Å²) in [5.74, 6) is -0.108. The van der Waals surface area contributed by atoms with Crippen LogP contribution in [0.4, 0.5) is 0 Å². The first-order valence-corrected chi connectivity index (χ1v) is 8.01. The molecule has 0 saturated heterocycles. The van der Waals surface area contributed by atoms with Gasteiger partial charge >= 0.3 is 0 Å². The van der Waals surface area contributed by atoms with Gasteiger partial charge in [-0.2, -0.15) is 4.99 Å². The first-order valence-electron chi connectivity index (χ1n) is 7.13. The zero-order chi connectivity index (χ0) is 15.8. The summed E-state index contributed by atoms with van der Waals surface area (Å²) in [6, 6.07) is 0. The van der Waals surface area contributed by atoms with E-state index >= 15 is 0 Å². The van der Waals surface area contributed by atoms with Gasteiger partial charge in [0.2, 0.25) is 0 Å². The number of hydrogen-bond donors (Lipinski definition) is 1. The molecule has 0 aliphatic heterocycles. The van der Waals surface area contributed by atoms with Crippen molar-refractivity contribution in [3.63, 3.8) is 0 Å². The second kappa shape index (κ2) is 5.66. The third kappa shape index (κ3) is 2.72. The molecule has 1 aliphatic carbocycles. The molecular formula is C15H24N2O3S. The van der Waals surface area contributed by atoms with E-state index in [0.717, 1.165) is 5.69 Å². The number of nitrogens with zero attached hydrogens (tertiary/aromatic N) is 2. The van der Waals surface area contributed by atoms with Crippen LogP contribution in [0.25, 0.3) is 0 Å². The van der Waals surface area contributed by atoms with Gasteiger partial charge in [-0.25, -0.2) is 0 Å². The molecule has 0 bridgehead atoms. The lowest BCUT2D eigenvalue weighted by Crippen LogP contribution is -2.22. The van der Waals surface area contributed by atoms with Gasteiger partial charge in [-0.15, -0.1) is 11.3 Å². The number of aliphatic hydroxyl groups excluding tert-OH is 1. The lowest BCUT2D eigenvalue weighted by atomic mass is 10.0. The van der Waals surface area contributed by atoms with E-state index in [1.807, 2.05) is 9.95 Å². The normalized spacial score (nSPS) is 20.8. The van der Waals surface area contributed by atoms with E-state index in [0.29, 0.717) is 18.0 Å². The highest BCUT2D eigenvalue weighted by atomic mass is 32.1. The number of carbonyl (C=O) groups excluding carboxylic acids is 1. The SMILES string of the molecule is COCCn1c(CO)csc1=NC(=O)C1C(C)(C)C1(C)C. The Bertz CT molecular complexity index is 584. The van der Waals surface area contributed by atoms with Crippen molar-refractivity contribution in [1.82, 2.24) is 4.57 Å². The minimum atomic E-state index is -0.0671. The van der Waals surface area contributed by atoms with Crippen molar-refractivity contribution in [2.45, 2.75) is 40.8 Å². The maximum absolute atomic E-state index is 12.5. The number of ether oxygens (including phenoxy) is 1. The zero-order valence-corrected chi connectivity index (χ0v) is 14.2. The highest BCUT2D eigenvalue weighted by Gasteiger charge is 2.68. The molecule has 1 aliphatic rings. The van der Waals surface area contributed by atoms with Crippen molar-refractivity contribution >= 4 is 17.2 Å². The Balaban J connectivity index is 2.30. The summed E-state index contributed by atoms with van der Waals surface area (Å²) < 4.78 is 6.93. The van der Waals surface area contributed by atoms with Crippen LogP contribution in [0.1, 0.15) is 33.4 Å². The van der Waals surface area contributed by atoms with Crippen molar-refractivity contribution in [2.75, 3.05) is 13.7 Å². The first-order chi connectivity index (χ1) is 9.77. The third-order valence-corrected chi connectivity index (χ3v) is 5.94. The molecule has 1 N–H and O–H groups in total. The lowest BCUT2D eigenvalue weighted by Gasteiger charge is -2.06. The molecule has 2 rings (SSSR count). The summed E-state index contributed by atoms with van der Waals surface area (Å²) in [6.45, 7) is 9.47. The average molecular weight is 312 g/mol. The average Bonchev–Trinajstić information content (AvgIpc) is 2.71. The van der Waals surface area contributed by atoms with Gasteiger partial charge in [0, 0.05) is 19.0 Å². The van der Waals surface area contributed by atoms with Gasteiger partial charge < -0.3 is 14.4 Å². The molecule has 1 aromatic heterocycles. The minimum Gasteiger partial charge on any atom is -0.390 e. The van der Waals surface area contributed by atoms with Crippen molar-refractivity contribution in [3.05, 3.63) is 15.9 Å². The molecule has 0 radical (unpaired) electrons. The number of carbonyl (C=O) groups is 1. The maximum Gasteiger partial charge on any atom is 0.252 e. The maximum atomic E-state index is 12.5. The fourth-order valence-electron chi connectivity index (χ4n) is 2.97. The number of aliphatic hydroxyl groups is 1. The molecule has 21 heavy (non-hydrogen) atoms. The van der Waals surface area contributed by atoms with E-state index < -0.39 is 0 Å². The van der Waals surface area contributed by atoms with Crippen LogP contribution in [0, 0.1) is 16.7 Å². The van der Waals surface area contributed by atoms with Crippen LogP contribution in [0.2, 0.25) is 0 Å². The molecule has 118 valence electrons.